The van der Waals surface area contributed by atoms with Crippen LogP contribution in [0.2, 0.25) is 0 Å². The van der Waals surface area contributed by atoms with E-state index in [1.807, 2.05) is 24.3 Å². The summed E-state index contributed by atoms with van der Waals surface area (Å²) < 4.78 is 16.8. The molecule has 0 atom stereocenters. The van der Waals surface area contributed by atoms with Gasteiger partial charge in [0, 0.05) is 7.11 Å². The molecule has 168 valence electrons. The lowest BCUT2D eigenvalue weighted by Gasteiger charge is -2.38. The van der Waals surface area contributed by atoms with E-state index in [4.69, 9.17) is 14.0 Å². The van der Waals surface area contributed by atoms with Gasteiger partial charge in [-0.15, -0.1) is 0 Å². The third kappa shape index (κ3) is 6.94. The number of benzene rings is 1. The molecule has 0 heterocycles. The van der Waals surface area contributed by atoms with Crippen molar-refractivity contribution in [2.75, 3.05) is 33.9 Å². The van der Waals surface area contributed by atoms with E-state index < -0.39 is 13.1 Å². The van der Waals surface area contributed by atoms with Gasteiger partial charge in [0.2, 0.25) is 0 Å². The van der Waals surface area contributed by atoms with E-state index in [1.165, 1.54) is 57.6 Å². The van der Waals surface area contributed by atoms with Gasteiger partial charge in [-0.05, 0) is 67.7 Å². The number of nitrogens with zero attached hydrogens (tertiary/aromatic N) is 1. The predicted octanol–water partition coefficient (Wildman–Crippen LogP) is 3.14. The van der Waals surface area contributed by atoms with Crippen molar-refractivity contribution in [1.29, 1.82) is 0 Å². The normalized spacial score (nSPS) is 17.8. The van der Waals surface area contributed by atoms with E-state index in [2.05, 4.69) is 6.08 Å². The van der Waals surface area contributed by atoms with Crippen molar-refractivity contribution in [1.82, 2.24) is 4.90 Å². The highest BCUT2D eigenvalue weighted by atomic mass is 16.6. The lowest BCUT2D eigenvalue weighted by Crippen LogP contribution is -2.40. The van der Waals surface area contributed by atoms with Gasteiger partial charge in [-0.2, -0.15) is 0 Å². The highest BCUT2D eigenvalue weighted by Crippen LogP contribution is 2.45. The van der Waals surface area contributed by atoms with Crippen LogP contribution in [0.5, 0.6) is 5.75 Å². The Labute approximate surface area is 186 Å². The lowest BCUT2D eigenvalue weighted by atomic mass is 9.67. The zero-order valence-electron chi connectivity index (χ0n) is 18.8. The van der Waals surface area contributed by atoms with Gasteiger partial charge in [0.1, 0.15) is 18.6 Å². The molecule has 3 rings (SSSR count). The maximum absolute atomic E-state index is 12.1. The Morgan fingerprint density at radius 2 is 1.84 bits per heavy atom. The number of likely N-dealkylation sites (N-methyl/N-ethyl adjacent to an activating group) is 1. The van der Waals surface area contributed by atoms with Crippen LogP contribution in [0.3, 0.4) is 0 Å². The Bertz CT molecular complexity index is 758. The summed E-state index contributed by atoms with van der Waals surface area (Å²) in [5, 5.41) is 0. The van der Waals surface area contributed by atoms with Crippen molar-refractivity contribution >= 4 is 24.8 Å². The number of aldehydes is 1. The second-order valence-electron chi connectivity index (χ2n) is 8.86. The Hall–Kier alpha value is -2.12. The van der Waals surface area contributed by atoms with Gasteiger partial charge in [-0.25, -0.2) is 0 Å². The Balaban J connectivity index is 1.53. The van der Waals surface area contributed by atoms with E-state index in [0.717, 1.165) is 23.9 Å². The van der Waals surface area contributed by atoms with E-state index in [9.17, 15) is 9.59 Å². The largest absolute Gasteiger partial charge is 0.564 e. The van der Waals surface area contributed by atoms with Crippen LogP contribution in [0.15, 0.2) is 35.9 Å². The monoisotopic (exact) mass is 427 g/mol. The highest BCUT2D eigenvalue weighted by Gasteiger charge is 2.32. The fraction of sp³-hybridized carbons (Fsp3) is 0.583. The molecule has 0 saturated heterocycles. The van der Waals surface area contributed by atoms with E-state index >= 15 is 0 Å². The predicted molar refractivity (Wildman–Crippen MR) is 121 cm³/mol. The molecule has 0 unspecified atom stereocenters. The van der Waals surface area contributed by atoms with Gasteiger partial charge in [0.25, 0.3) is 0 Å². The lowest BCUT2D eigenvalue weighted by molar-refractivity contribution is -0.136. The summed E-state index contributed by atoms with van der Waals surface area (Å²) in [7, 11) is 2.38. The minimum atomic E-state index is -0.793. The van der Waals surface area contributed by atoms with E-state index in [0.29, 0.717) is 12.0 Å². The molecule has 1 aromatic carbocycles. The Morgan fingerprint density at radius 1 is 1.13 bits per heavy atom. The van der Waals surface area contributed by atoms with Crippen molar-refractivity contribution in [3.8, 4) is 5.75 Å². The molecule has 1 spiro atoms. The van der Waals surface area contributed by atoms with Gasteiger partial charge in [-0.1, -0.05) is 37.5 Å². The van der Waals surface area contributed by atoms with Crippen LogP contribution in [0.4, 0.5) is 0 Å². The Morgan fingerprint density at radius 3 is 2.52 bits per heavy atom. The summed E-state index contributed by atoms with van der Waals surface area (Å²) in [5.41, 5.74) is 2.58. The minimum absolute atomic E-state index is 0.0242. The van der Waals surface area contributed by atoms with Crippen LogP contribution in [0.25, 0.3) is 0 Å². The molecule has 7 heteroatoms. The third-order valence-electron chi connectivity index (χ3n) is 6.35. The number of rotatable bonds is 10. The smallest absolute Gasteiger partial charge is 0.505 e. The number of hydrogen-bond donors (Lipinski definition) is 0. The van der Waals surface area contributed by atoms with Gasteiger partial charge < -0.3 is 18.8 Å². The molecular weight excluding hydrogens is 393 g/mol. The first-order valence-corrected chi connectivity index (χ1v) is 11.3. The molecule has 0 aromatic heterocycles. The van der Waals surface area contributed by atoms with Gasteiger partial charge in [0.05, 0.1) is 13.1 Å². The summed E-state index contributed by atoms with van der Waals surface area (Å²) in [5.74, 6) is 0.345. The van der Waals surface area contributed by atoms with Crippen molar-refractivity contribution in [2.45, 2.75) is 51.4 Å². The summed E-state index contributed by atoms with van der Waals surface area (Å²) in [6.07, 6.45) is 13.7. The topological polar surface area (TPSA) is 65.1 Å². The molecule has 2 aliphatic carbocycles. The molecule has 0 amide bonds. The number of ether oxygens (including phenoxy) is 1. The van der Waals surface area contributed by atoms with Crippen LogP contribution in [-0.4, -0.2) is 58.1 Å². The van der Waals surface area contributed by atoms with Gasteiger partial charge in [-0.3, -0.25) is 9.69 Å². The fourth-order valence-corrected chi connectivity index (χ4v) is 4.73. The average Bonchev–Trinajstić information content (AvgIpc) is 2.77. The Kier molecular flexibility index (Phi) is 8.73. The zero-order chi connectivity index (χ0) is 22.1. The molecule has 0 bridgehead atoms. The maximum Gasteiger partial charge on any atom is 0.564 e. The van der Waals surface area contributed by atoms with Gasteiger partial charge in [0.15, 0.2) is 0 Å². The third-order valence-corrected chi connectivity index (χ3v) is 6.35. The SMILES string of the molecule is COB(OC(=O)CN(C)CC=O)c1ccc(OCC2=CC3(CCCCC3)CCC2)cc1. The molecular formula is C24H34BNO5. The fourth-order valence-electron chi connectivity index (χ4n) is 4.73. The second kappa shape index (κ2) is 11.5. The van der Waals surface area contributed by atoms with Crippen LogP contribution >= 0.6 is 0 Å². The molecule has 0 radical (unpaired) electrons. The summed E-state index contributed by atoms with van der Waals surface area (Å²) in [6, 6.07) is 7.47. The van der Waals surface area contributed by atoms with Crippen LogP contribution in [0.1, 0.15) is 51.4 Å². The molecule has 2 aliphatic rings. The summed E-state index contributed by atoms with van der Waals surface area (Å²) >= 11 is 0. The van der Waals surface area contributed by atoms with Crippen LogP contribution < -0.4 is 10.2 Å². The zero-order valence-corrected chi connectivity index (χ0v) is 18.8. The van der Waals surface area contributed by atoms with Gasteiger partial charge >= 0.3 is 13.1 Å². The average molecular weight is 427 g/mol. The first-order chi connectivity index (χ1) is 15.0. The van der Waals surface area contributed by atoms with E-state index in [1.54, 1.807) is 11.9 Å². The van der Waals surface area contributed by atoms with Crippen LogP contribution in [-0.2, 0) is 18.9 Å². The van der Waals surface area contributed by atoms with Crippen molar-refractivity contribution in [2.24, 2.45) is 5.41 Å². The first kappa shape index (κ1) is 23.5. The standard InChI is InChI=1S/C24H34BNO5/c1-26(15-16-27)18-23(28)31-25(29-2)21-8-10-22(11-9-21)30-19-20-7-6-14-24(17-20)12-4-3-5-13-24/h8-11,16-17H,3-7,12-15,18-19H2,1-2H3. The highest BCUT2D eigenvalue weighted by molar-refractivity contribution is 6.62. The molecule has 1 saturated carbocycles. The number of allylic oxidation sites excluding steroid dienone is 1. The number of carbonyl (C=O) groups excluding carboxylic acids is 2. The van der Waals surface area contributed by atoms with Crippen molar-refractivity contribution in [3.05, 3.63) is 35.9 Å². The second-order valence-corrected chi connectivity index (χ2v) is 8.86. The number of hydrogen-bond acceptors (Lipinski definition) is 6. The summed E-state index contributed by atoms with van der Waals surface area (Å²) in [6.45, 7) is 0.833. The number of carbonyl (C=O) groups is 2. The van der Waals surface area contributed by atoms with Crippen molar-refractivity contribution < 1.29 is 23.6 Å². The molecule has 0 aliphatic heterocycles. The maximum atomic E-state index is 12.1. The van der Waals surface area contributed by atoms with E-state index in [-0.39, 0.29) is 13.1 Å². The first-order valence-electron chi connectivity index (χ1n) is 11.3. The van der Waals surface area contributed by atoms with Crippen molar-refractivity contribution in [3.63, 3.8) is 0 Å². The quantitative estimate of drug-likeness (QED) is 0.325. The molecule has 31 heavy (non-hydrogen) atoms. The molecule has 6 nitrogen and oxygen atoms in total. The molecule has 0 N–H and O–H groups in total. The van der Waals surface area contributed by atoms with Crippen LogP contribution in [0, 0.1) is 5.41 Å². The molecule has 1 aromatic rings. The minimum Gasteiger partial charge on any atom is -0.505 e. The summed E-state index contributed by atoms with van der Waals surface area (Å²) in [4.78, 5) is 24.2. The molecule has 1 fully saturated rings.